The van der Waals surface area contributed by atoms with Crippen LogP contribution in [0.1, 0.15) is 31.9 Å². The molecule has 0 spiro atoms. The number of benzene rings is 1. The monoisotopic (exact) mass is 303 g/mol. The van der Waals surface area contributed by atoms with Crippen molar-refractivity contribution in [2.75, 3.05) is 13.2 Å². The predicted octanol–water partition coefficient (Wildman–Crippen LogP) is 2.09. The van der Waals surface area contributed by atoms with Crippen molar-refractivity contribution in [1.82, 2.24) is 4.90 Å². The molecule has 0 radical (unpaired) electrons. The summed E-state index contributed by atoms with van der Waals surface area (Å²) in [7, 11) is 0. The first kappa shape index (κ1) is 15.0. The first-order valence-electron chi connectivity index (χ1n) is 7.61. The van der Waals surface area contributed by atoms with Crippen molar-refractivity contribution in [3.8, 4) is 0 Å². The molecule has 2 aliphatic rings. The lowest BCUT2D eigenvalue weighted by Gasteiger charge is -2.45. The van der Waals surface area contributed by atoms with E-state index in [-0.39, 0.29) is 17.9 Å². The number of nitrogens with zero attached hydrogens (tertiary/aromatic N) is 1. The number of aliphatic carboxylic acids is 1. The minimum atomic E-state index is -0.871. The highest BCUT2D eigenvalue weighted by atomic mass is 16.5. The summed E-state index contributed by atoms with van der Waals surface area (Å²) >= 11 is 0. The minimum Gasteiger partial charge on any atom is -0.481 e. The lowest BCUT2D eigenvalue weighted by molar-refractivity contribution is -0.158. The van der Waals surface area contributed by atoms with Crippen molar-refractivity contribution in [2.24, 2.45) is 11.8 Å². The van der Waals surface area contributed by atoms with E-state index in [0.717, 1.165) is 5.56 Å². The molecule has 2 fully saturated rings. The number of hydrogen-bond donors (Lipinski definition) is 1. The summed E-state index contributed by atoms with van der Waals surface area (Å²) in [6.07, 6.45) is 0.303. The van der Waals surface area contributed by atoms with Gasteiger partial charge in [0.2, 0.25) is 5.91 Å². The number of carboxylic acids is 1. The van der Waals surface area contributed by atoms with Gasteiger partial charge in [-0.25, -0.2) is 0 Å². The number of rotatable bonds is 3. The fraction of sp³-hybridized carbons (Fsp3) is 0.529. The molecule has 5 nitrogen and oxygen atoms in total. The van der Waals surface area contributed by atoms with E-state index in [2.05, 4.69) is 0 Å². The van der Waals surface area contributed by atoms with Gasteiger partial charge >= 0.3 is 5.97 Å². The Morgan fingerprint density at radius 3 is 2.50 bits per heavy atom. The van der Waals surface area contributed by atoms with Crippen LogP contribution >= 0.6 is 0 Å². The third-order valence-electron chi connectivity index (χ3n) is 4.58. The first-order valence-corrected chi connectivity index (χ1v) is 7.61. The third-order valence-corrected chi connectivity index (χ3v) is 4.58. The van der Waals surface area contributed by atoms with Gasteiger partial charge < -0.3 is 14.7 Å². The molecule has 1 aromatic carbocycles. The smallest absolute Gasteiger partial charge is 0.307 e. The molecule has 3 atom stereocenters. The van der Waals surface area contributed by atoms with Crippen LogP contribution in [0.3, 0.4) is 0 Å². The largest absolute Gasteiger partial charge is 0.481 e. The average Bonchev–Trinajstić information content (AvgIpc) is 3.28. The lowest BCUT2D eigenvalue weighted by atomic mass is 9.97. The molecular formula is C17H21NO4. The number of morpholine rings is 1. The van der Waals surface area contributed by atoms with Gasteiger partial charge in [-0.3, -0.25) is 9.59 Å². The van der Waals surface area contributed by atoms with Crippen LogP contribution in [0.4, 0.5) is 0 Å². The van der Waals surface area contributed by atoms with Crippen molar-refractivity contribution >= 4 is 11.9 Å². The van der Waals surface area contributed by atoms with Crippen LogP contribution in [0.15, 0.2) is 30.3 Å². The highest BCUT2D eigenvalue weighted by Gasteiger charge is 2.52. The number of amides is 1. The Bertz CT molecular complexity index is 584. The van der Waals surface area contributed by atoms with Crippen molar-refractivity contribution < 1.29 is 19.4 Å². The van der Waals surface area contributed by atoms with Gasteiger partial charge in [0.1, 0.15) is 6.10 Å². The summed E-state index contributed by atoms with van der Waals surface area (Å²) < 4.78 is 5.92. The molecule has 5 heteroatoms. The summed E-state index contributed by atoms with van der Waals surface area (Å²) in [6, 6.07) is 9.82. The zero-order valence-corrected chi connectivity index (χ0v) is 12.9. The van der Waals surface area contributed by atoms with Gasteiger partial charge in [-0.2, -0.15) is 0 Å². The highest BCUT2D eigenvalue weighted by molar-refractivity contribution is 5.90. The van der Waals surface area contributed by atoms with Gasteiger partial charge in [0, 0.05) is 0 Å². The average molecular weight is 303 g/mol. The Labute approximate surface area is 129 Å². The fourth-order valence-electron chi connectivity index (χ4n) is 3.05. The van der Waals surface area contributed by atoms with Gasteiger partial charge in [-0.05, 0) is 25.8 Å². The van der Waals surface area contributed by atoms with E-state index in [1.54, 1.807) is 0 Å². The molecule has 1 saturated carbocycles. The normalized spacial score (nSPS) is 29.9. The second-order valence-electron chi connectivity index (χ2n) is 6.76. The summed E-state index contributed by atoms with van der Waals surface area (Å²) in [4.78, 5) is 25.5. The fourth-order valence-corrected chi connectivity index (χ4v) is 3.05. The Morgan fingerprint density at radius 1 is 1.23 bits per heavy atom. The van der Waals surface area contributed by atoms with E-state index >= 15 is 0 Å². The molecule has 0 aromatic heterocycles. The first-order chi connectivity index (χ1) is 10.4. The number of hydrogen-bond acceptors (Lipinski definition) is 3. The highest BCUT2D eigenvalue weighted by Crippen LogP contribution is 2.42. The van der Waals surface area contributed by atoms with E-state index in [1.165, 1.54) is 0 Å². The van der Waals surface area contributed by atoms with Gasteiger partial charge in [0.15, 0.2) is 0 Å². The third kappa shape index (κ3) is 2.73. The predicted molar refractivity (Wildman–Crippen MR) is 80.2 cm³/mol. The summed E-state index contributed by atoms with van der Waals surface area (Å²) in [5.74, 6) is -1.81. The van der Waals surface area contributed by atoms with Crippen LogP contribution in [0, 0.1) is 11.8 Å². The molecule has 1 aliphatic carbocycles. The molecule has 1 aromatic rings. The zero-order valence-electron chi connectivity index (χ0n) is 12.9. The maximum absolute atomic E-state index is 12.7. The molecule has 0 bridgehead atoms. The zero-order chi connectivity index (χ0) is 15.9. The van der Waals surface area contributed by atoms with Gasteiger partial charge in [-0.15, -0.1) is 0 Å². The summed E-state index contributed by atoms with van der Waals surface area (Å²) in [5.41, 5.74) is 0.634. The van der Waals surface area contributed by atoms with Crippen LogP contribution in [0.5, 0.6) is 0 Å². The number of carbonyl (C=O) groups excluding carboxylic acids is 1. The minimum absolute atomic E-state index is 0.0540. The Balaban J connectivity index is 1.76. The summed E-state index contributed by atoms with van der Waals surface area (Å²) in [6.45, 7) is 4.84. The van der Waals surface area contributed by atoms with Crippen LogP contribution < -0.4 is 0 Å². The van der Waals surface area contributed by atoms with Crippen LogP contribution in [-0.4, -0.2) is 40.6 Å². The second-order valence-corrected chi connectivity index (χ2v) is 6.76. The topological polar surface area (TPSA) is 66.8 Å². The standard InChI is InChI=1S/C17H21NO4/c1-17(2)10-22-14(11-6-4-3-5-7-11)9-18(17)15(19)12-8-13(12)16(20)21/h3-7,12-14H,8-10H2,1-2H3,(H,20,21). The van der Waals surface area contributed by atoms with Crippen LogP contribution in [0.2, 0.25) is 0 Å². The van der Waals surface area contributed by atoms with E-state index in [1.807, 2.05) is 49.1 Å². The quantitative estimate of drug-likeness (QED) is 0.928. The van der Waals surface area contributed by atoms with Crippen molar-refractivity contribution in [1.29, 1.82) is 0 Å². The molecule has 1 aliphatic heterocycles. The second kappa shape index (κ2) is 5.39. The molecule has 3 rings (SSSR count). The molecule has 1 heterocycles. The van der Waals surface area contributed by atoms with Crippen LogP contribution in [-0.2, 0) is 14.3 Å². The SMILES string of the molecule is CC1(C)COC(c2ccccc2)CN1C(=O)C1CC1C(=O)O. The lowest BCUT2D eigenvalue weighted by Crippen LogP contribution is -2.56. The maximum Gasteiger partial charge on any atom is 0.307 e. The van der Waals surface area contributed by atoms with Gasteiger partial charge in [0.05, 0.1) is 30.5 Å². The van der Waals surface area contributed by atoms with Gasteiger partial charge in [-0.1, -0.05) is 30.3 Å². The number of carboxylic acid groups (broad SMARTS) is 1. The number of ether oxygens (including phenoxy) is 1. The Hall–Kier alpha value is -1.88. The summed E-state index contributed by atoms with van der Waals surface area (Å²) in [5, 5.41) is 9.04. The van der Waals surface area contributed by atoms with Crippen molar-refractivity contribution in [3.63, 3.8) is 0 Å². The molecule has 3 unspecified atom stereocenters. The molecule has 118 valence electrons. The molecule has 1 amide bonds. The van der Waals surface area contributed by atoms with Gasteiger partial charge in [0.25, 0.3) is 0 Å². The number of carbonyl (C=O) groups is 2. The molecular weight excluding hydrogens is 282 g/mol. The Kier molecular flexibility index (Phi) is 3.68. The van der Waals surface area contributed by atoms with E-state index in [9.17, 15) is 9.59 Å². The van der Waals surface area contributed by atoms with Crippen molar-refractivity contribution in [3.05, 3.63) is 35.9 Å². The van der Waals surface area contributed by atoms with E-state index in [0.29, 0.717) is 19.6 Å². The van der Waals surface area contributed by atoms with E-state index < -0.39 is 17.4 Å². The molecule has 22 heavy (non-hydrogen) atoms. The molecule has 1 N–H and O–H groups in total. The Morgan fingerprint density at radius 2 is 1.91 bits per heavy atom. The maximum atomic E-state index is 12.7. The van der Waals surface area contributed by atoms with E-state index in [4.69, 9.17) is 9.84 Å². The van der Waals surface area contributed by atoms with Crippen molar-refractivity contribution in [2.45, 2.75) is 31.9 Å². The molecule has 1 saturated heterocycles. The van der Waals surface area contributed by atoms with Crippen LogP contribution in [0.25, 0.3) is 0 Å².